The number of nitrogens with zero attached hydrogens (tertiary/aromatic N) is 1. The van der Waals surface area contributed by atoms with E-state index in [0.717, 1.165) is 0 Å². The van der Waals surface area contributed by atoms with E-state index in [-0.39, 0.29) is 23.9 Å². The number of carbonyl (C=O) groups excluding carboxylic acids is 1. The first kappa shape index (κ1) is 17.5. The van der Waals surface area contributed by atoms with Crippen LogP contribution < -0.4 is 9.62 Å². The second-order valence-corrected chi connectivity index (χ2v) is 7.06. The molecular weight excluding hydrogens is 336 g/mol. The van der Waals surface area contributed by atoms with E-state index in [1.165, 1.54) is 24.0 Å². The van der Waals surface area contributed by atoms with Gasteiger partial charge >= 0.3 is 0 Å². The van der Waals surface area contributed by atoms with Crippen molar-refractivity contribution in [2.24, 2.45) is 0 Å². The molecule has 2 rings (SSSR count). The fourth-order valence-electron chi connectivity index (χ4n) is 2.06. The third-order valence-electron chi connectivity index (χ3n) is 3.20. The van der Waals surface area contributed by atoms with Crippen LogP contribution in [0.15, 0.2) is 59.5 Å². The number of sulfonamides is 1. The van der Waals surface area contributed by atoms with Crippen molar-refractivity contribution in [2.45, 2.75) is 11.8 Å². The molecular formula is C16H17ClN2O3S. The minimum Gasteiger partial charge on any atom is -0.311 e. The molecule has 0 aliphatic carbocycles. The summed E-state index contributed by atoms with van der Waals surface area (Å²) in [6.07, 6.45) is 0. The molecule has 122 valence electrons. The zero-order chi connectivity index (χ0) is 16.9. The van der Waals surface area contributed by atoms with Gasteiger partial charge in [0.2, 0.25) is 15.9 Å². The molecule has 1 amide bonds. The molecule has 0 aromatic heterocycles. The highest BCUT2D eigenvalue weighted by molar-refractivity contribution is 7.89. The molecule has 0 bridgehead atoms. The molecule has 0 fully saturated rings. The van der Waals surface area contributed by atoms with Crippen LogP contribution in [0.3, 0.4) is 0 Å². The van der Waals surface area contributed by atoms with E-state index in [1.807, 2.05) is 0 Å². The Hall–Kier alpha value is -1.89. The lowest BCUT2D eigenvalue weighted by Crippen LogP contribution is -2.37. The fourth-order valence-corrected chi connectivity index (χ4v) is 3.23. The van der Waals surface area contributed by atoms with E-state index in [2.05, 4.69) is 4.72 Å². The zero-order valence-corrected chi connectivity index (χ0v) is 14.1. The standard InChI is InChI=1S/C16H17ClN2O3S/c1-13(20)19(15-9-7-14(17)8-10-15)12-11-18-23(21,22)16-5-3-2-4-6-16/h2-10,18H,11-12H2,1H3. The Labute approximate surface area is 140 Å². The Balaban J connectivity index is 2.03. The minimum absolute atomic E-state index is 0.111. The van der Waals surface area contributed by atoms with Crippen molar-refractivity contribution in [3.63, 3.8) is 0 Å². The predicted octanol–water partition coefficient (Wildman–Crippen LogP) is 2.67. The molecule has 0 aliphatic rings. The summed E-state index contributed by atoms with van der Waals surface area (Å²) in [6.45, 7) is 1.77. The molecule has 0 atom stereocenters. The monoisotopic (exact) mass is 352 g/mol. The maximum Gasteiger partial charge on any atom is 0.240 e. The highest BCUT2D eigenvalue weighted by Gasteiger charge is 2.15. The van der Waals surface area contributed by atoms with Crippen molar-refractivity contribution in [1.29, 1.82) is 0 Å². The van der Waals surface area contributed by atoms with Gasteiger partial charge in [-0.25, -0.2) is 13.1 Å². The third kappa shape index (κ3) is 4.79. The van der Waals surface area contributed by atoms with Gasteiger partial charge in [-0.1, -0.05) is 29.8 Å². The van der Waals surface area contributed by atoms with Crippen LogP contribution in [0.25, 0.3) is 0 Å². The van der Waals surface area contributed by atoms with Crippen molar-refractivity contribution in [3.05, 3.63) is 59.6 Å². The number of anilines is 1. The lowest BCUT2D eigenvalue weighted by molar-refractivity contribution is -0.116. The SMILES string of the molecule is CC(=O)N(CCNS(=O)(=O)c1ccccc1)c1ccc(Cl)cc1. The second kappa shape index (κ2) is 7.59. The first-order valence-corrected chi connectivity index (χ1v) is 8.84. The number of carbonyl (C=O) groups is 1. The van der Waals surface area contributed by atoms with E-state index in [4.69, 9.17) is 11.6 Å². The van der Waals surface area contributed by atoms with Gasteiger partial charge in [0.1, 0.15) is 0 Å². The molecule has 1 N–H and O–H groups in total. The highest BCUT2D eigenvalue weighted by Crippen LogP contribution is 2.18. The molecule has 0 saturated carbocycles. The zero-order valence-electron chi connectivity index (χ0n) is 12.6. The number of rotatable bonds is 6. The fraction of sp³-hybridized carbons (Fsp3) is 0.188. The smallest absolute Gasteiger partial charge is 0.240 e. The van der Waals surface area contributed by atoms with Crippen molar-refractivity contribution in [1.82, 2.24) is 4.72 Å². The van der Waals surface area contributed by atoms with Gasteiger partial charge in [-0.2, -0.15) is 0 Å². The Morgan fingerprint density at radius 1 is 1.09 bits per heavy atom. The molecule has 7 heteroatoms. The predicted molar refractivity (Wildman–Crippen MR) is 91.1 cm³/mol. The van der Waals surface area contributed by atoms with Gasteiger partial charge in [0.25, 0.3) is 0 Å². The normalized spacial score (nSPS) is 11.2. The minimum atomic E-state index is -3.58. The Kier molecular flexibility index (Phi) is 5.76. The van der Waals surface area contributed by atoms with Crippen LogP contribution in [-0.2, 0) is 14.8 Å². The van der Waals surface area contributed by atoms with Gasteiger partial charge in [-0.05, 0) is 36.4 Å². The second-order valence-electron chi connectivity index (χ2n) is 4.86. The van der Waals surface area contributed by atoms with Crippen LogP contribution in [0.1, 0.15) is 6.92 Å². The summed E-state index contributed by atoms with van der Waals surface area (Å²) >= 11 is 5.83. The summed E-state index contributed by atoms with van der Waals surface area (Å²) in [6, 6.07) is 14.9. The molecule has 2 aromatic rings. The number of benzene rings is 2. The van der Waals surface area contributed by atoms with Crippen LogP contribution in [-0.4, -0.2) is 27.4 Å². The molecule has 0 aliphatic heterocycles. The molecule has 23 heavy (non-hydrogen) atoms. The Morgan fingerprint density at radius 2 is 1.70 bits per heavy atom. The van der Waals surface area contributed by atoms with Crippen molar-refractivity contribution < 1.29 is 13.2 Å². The number of amides is 1. The summed E-state index contributed by atoms with van der Waals surface area (Å²) in [5, 5.41) is 0.571. The average Bonchev–Trinajstić information content (AvgIpc) is 2.53. The molecule has 5 nitrogen and oxygen atoms in total. The first-order valence-electron chi connectivity index (χ1n) is 6.98. The number of hydrogen-bond donors (Lipinski definition) is 1. The lowest BCUT2D eigenvalue weighted by atomic mass is 10.3. The highest BCUT2D eigenvalue weighted by atomic mass is 35.5. The molecule has 0 radical (unpaired) electrons. The van der Waals surface area contributed by atoms with E-state index in [1.54, 1.807) is 42.5 Å². The first-order chi connectivity index (χ1) is 10.9. The number of nitrogens with one attached hydrogen (secondary N) is 1. The van der Waals surface area contributed by atoms with E-state index < -0.39 is 10.0 Å². The van der Waals surface area contributed by atoms with Crippen molar-refractivity contribution in [2.75, 3.05) is 18.0 Å². The summed E-state index contributed by atoms with van der Waals surface area (Å²) in [5.74, 6) is -0.175. The van der Waals surface area contributed by atoms with Gasteiger partial charge < -0.3 is 4.90 Å². The van der Waals surface area contributed by atoms with Crippen molar-refractivity contribution >= 4 is 33.2 Å². The van der Waals surface area contributed by atoms with Gasteiger partial charge in [-0.15, -0.1) is 0 Å². The van der Waals surface area contributed by atoms with Gasteiger partial charge in [0, 0.05) is 30.7 Å². The lowest BCUT2D eigenvalue weighted by Gasteiger charge is -2.21. The van der Waals surface area contributed by atoms with E-state index >= 15 is 0 Å². The van der Waals surface area contributed by atoms with Crippen LogP contribution in [0.4, 0.5) is 5.69 Å². The Bertz CT molecular complexity index is 762. The summed E-state index contributed by atoms with van der Waals surface area (Å²) in [7, 11) is -3.58. The summed E-state index contributed by atoms with van der Waals surface area (Å²) in [5.41, 5.74) is 0.667. The maximum absolute atomic E-state index is 12.1. The van der Waals surface area contributed by atoms with Gasteiger partial charge in [0.05, 0.1) is 4.90 Å². The molecule has 0 heterocycles. The van der Waals surface area contributed by atoms with Crippen LogP contribution in [0.5, 0.6) is 0 Å². The Morgan fingerprint density at radius 3 is 2.26 bits per heavy atom. The summed E-state index contributed by atoms with van der Waals surface area (Å²) < 4.78 is 26.8. The molecule has 2 aromatic carbocycles. The number of hydrogen-bond acceptors (Lipinski definition) is 3. The van der Waals surface area contributed by atoms with Crippen LogP contribution in [0, 0.1) is 0 Å². The summed E-state index contributed by atoms with van der Waals surface area (Å²) in [4.78, 5) is 13.5. The number of halogens is 1. The average molecular weight is 353 g/mol. The third-order valence-corrected chi connectivity index (χ3v) is 4.93. The van der Waals surface area contributed by atoms with E-state index in [9.17, 15) is 13.2 Å². The van der Waals surface area contributed by atoms with Gasteiger partial charge in [0.15, 0.2) is 0 Å². The van der Waals surface area contributed by atoms with E-state index in [0.29, 0.717) is 10.7 Å². The van der Waals surface area contributed by atoms with Crippen molar-refractivity contribution in [3.8, 4) is 0 Å². The molecule has 0 saturated heterocycles. The molecule has 0 unspecified atom stereocenters. The molecule has 0 spiro atoms. The van der Waals surface area contributed by atoms with Gasteiger partial charge in [-0.3, -0.25) is 4.79 Å². The van der Waals surface area contributed by atoms with Crippen LogP contribution >= 0.6 is 11.6 Å². The topological polar surface area (TPSA) is 66.5 Å². The largest absolute Gasteiger partial charge is 0.311 e. The van der Waals surface area contributed by atoms with Crippen LogP contribution in [0.2, 0.25) is 5.02 Å². The maximum atomic E-state index is 12.1. The quantitative estimate of drug-likeness (QED) is 0.869.